The molecule has 0 bridgehead atoms. The largest absolute Gasteiger partial charge is 0.322 e. The number of hydrogen-bond acceptors (Lipinski definition) is 1. The van der Waals surface area contributed by atoms with Crippen molar-refractivity contribution in [2.45, 2.75) is 19.5 Å². The highest BCUT2D eigenvalue weighted by Gasteiger charge is 2.33. The predicted octanol–water partition coefficient (Wildman–Crippen LogP) is 6.58. The zero-order chi connectivity index (χ0) is 21.4. The van der Waals surface area contributed by atoms with Crippen LogP contribution >= 0.6 is 11.6 Å². The number of benzene rings is 3. The summed E-state index contributed by atoms with van der Waals surface area (Å²) in [6, 6.07) is 27.5. The third-order valence-electron chi connectivity index (χ3n) is 5.68. The molecule has 2 heterocycles. The molecule has 4 aromatic rings. The zero-order valence-corrected chi connectivity index (χ0v) is 17.9. The van der Waals surface area contributed by atoms with Gasteiger partial charge in [0.15, 0.2) is 0 Å². The summed E-state index contributed by atoms with van der Waals surface area (Å²) < 4.78 is 2.19. The van der Waals surface area contributed by atoms with Crippen LogP contribution in [0.25, 0.3) is 5.69 Å². The molecule has 1 atom stereocenters. The topological polar surface area (TPSA) is 37.3 Å². The molecule has 5 rings (SSSR count). The Hall–Kier alpha value is -3.50. The highest BCUT2D eigenvalue weighted by Crippen LogP contribution is 2.37. The molecule has 0 spiro atoms. The van der Waals surface area contributed by atoms with Gasteiger partial charge in [0, 0.05) is 22.6 Å². The fourth-order valence-electron chi connectivity index (χ4n) is 4.26. The smallest absolute Gasteiger partial charge is 0.318 e. The lowest BCUT2D eigenvalue weighted by atomic mass is 10.00. The number of aromatic nitrogens is 1. The Labute approximate surface area is 186 Å². The van der Waals surface area contributed by atoms with Crippen LogP contribution in [0.4, 0.5) is 10.5 Å². The molecule has 5 heteroatoms. The Morgan fingerprint density at radius 3 is 2.58 bits per heavy atom. The molecule has 1 aromatic heterocycles. The second kappa shape index (κ2) is 7.97. The van der Waals surface area contributed by atoms with Gasteiger partial charge in [0.2, 0.25) is 0 Å². The van der Waals surface area contributed by atoms with Crippen molar-refractivity contribution in [2.24, 2.45) is 0 Å². The minimum Gasteiger partial charge on any atom is -0.318 e. The van der Waals surface area contributed by atoms with E-state index in [2.05, 4.69) is 59.4 Å². The molecule has 1 aliphatic heterocycles. The van der Waals surface area contributed by atoms with Gasteiger partial charge in [-0.2, -0.15) is 0 Å². The third kappa shape index (κ3) is 3.71. The molecule has 2 amide bonds. The minimum absolute atomic E-state index is 0.154. The molecule has 1 aliphatic rings. The highest BCUT2D eigenvalue weighted by molar-refractivity contribution is 6.30. The van der Waals surface area contributed by atoms with Gasteiger partial charge < -0.3 is 14.8 Å². The lowest BCUT2D eigenvalue weighted by Crippen LogP contribution is -2.37. The molecular weight excluding hydrogens is 406 g/mol. The third-order valence-corrected chi connectivity index (χ3v) is 5.93. The summed E-state index contributed by atoms with van der Waals surface area (Å²) in [4.78, 5) is 15.5. The van der Waals surface area contributed by atoms with E-state index in [1.807, 2.05) is 41.3 Å². The minimum atomic E-state index is -0.227. The van der Waals surface area contributed by atoms with Crippen LogP contribution in [0.2, 0.25) is 5.02 Å². The first-order valence-electron chi connectivity index (χ1n) is 10.3. The summed E-state index contributed by atoms with van der Waals surface area (Å²) >= 11 is 6.01. The van der Waals surface area contributed by atoms with Gasteiger partial charge in [-0.1, -0.05) is 59.6 Å². The normalized spacial score (nSPS) is 15.0. The molecule has 0 fully saturated rings. The predicted molar refractivity (Wildman–Crippen MR) is 125 cm³/mol. The molecule has 1 N–H and O–H groups in total. The van der Waals surface area contributed by atoms with Gasteiger partial charge in [-0.25, -0.2) is 4.79 Å². The van der Waals surface area contributed by atoms with Gasteiger partial charge in [0.25, 0.3) is 0 Å². The number of nitrogens with one attached hydrogen (secondary N) is 1. The first kappa shape index (κ1) is 19.5. The quantitative estimate of drug-likeness (QED) is 0.385. The average molecular weight is 428 g/mol. The molecule has 3 aromatic carbocycles. The highest BCUT2D eigenvalue weighted by atomic mass is 35.5. The SMILES string of the molecule is Cc1cccc(C2c3cccn3-c3ccccc3CN2C(=O)Nc2ccc(Cl)cc2)c1. The Balaban J connectivity index is 1.63. The fraction of sp³-hybridized carbons (Fsp3) is 0.115. The Morgan fingerprint density at radius 1 is 0.968 bits per heavy atom. The summed E-state index contributed by atoms with van der Waals surface area (Å²) in [5.74, 6) is 0. The number of urea groups is 1. The number of anilines is 1. The van der Waals surface area contributed by atoms with Crippen molar-refractivity contribution in [3.63, 3.8) is 0 Å². The van der Waals surface area contributed by atoms with Crippen molar-refractivity contribution in [3.05, 3.63) is 119 Å². The lowest BCUT2D eigenvalue weighted by Gasteiger charge is -2.31. The lowest BCUT2D eigenvalue weighted by molar-refractivity contribution is 0.194. The van der Waals surface area contributed by atoms with Crippen LogP contribution in [0, 0.1) is 6.92 Å². The van der Waals surface area contributed by atoms with Gasteiger partial charge in [0.05, 0.1) is 18.3 Å². The van der Waals surface area contributed by atoms with E-state index in [1.165, 1.54) is 0 Å². The van der Waals surface area contributed by atoms with E-state index in [0.29, 0.717) is 17.3 Å². The Kier molecular flexibility index (Phi) is 5.00. The molecule has 0 aliphatic carbocycles. The van der Waals surface area contributed by atoms with E-state index in [-0.39, 0.29) is 12.1 Å². The Bertz CT molecular complexity index is 1250. The van der Waals surface area contributed by atoms with Crippen LogP contribution in [-0.2, 0) is 6.54 Å². The number of rotatable bonds is 2. The van der Waals surface area contributed by atoms with Crippen LogP contribution < -0.4 is 5.32 Å². The van der Waals surface area contributed by atoms with E-state index in [9.17, 15) is 4.79 Å². The number of nitrogens with zero attached hydrogens (tertiary/aromatic N) is 2. The van der Waals surface area contributed by atoms with Crippen molar-refractivity contribution in [2.75, 3.05) is 5.32 Å². The van der Waals surface area contributed by atoms with Gasteiger partial charge >= 0.3 is 6.03 Å². The van der Waals surface area contributed by atoms with Gasteiger partial charge in [-0.3, -0.25) is 0 Å². The molecule has 0 saturated carbocycles. The maximum atomic E-state index is 13.6. The molecule has 0 saturated heterocycles. The molecule has 31 heavy (non-hydrogen) atoms. The second-order valence-electron chi connectivity index (χ2n) is 7.81. The van der Waals surface area contributed by atoms with Crippen molar-refractivity contribution in [1.29, 1.82) is 0 Å². The summed E-state index contributed by atoms with van der Waals surface area (Å²) in [6.07, 6.45) is 2.07. The molecule has 154 valence electrons. The van der Waals surface area contributed by atoms with Gasteiger partial charge in [-0.05, 0) is 60.5 Å². The number of aryl methyl sites for hydroxylation is 1. The standard InChI is InChI=1S/C26H22ClN3O/c1-18-6-4-8-19(16-18)25-24-10-5-15-29(24)23-9-3-2-7-20(23)17-30(25)26(31)28-22-13-11-21(27)12-14-22/h2-16,25H,17H2,1H3,(H,28,31). The monoisotopic (exact) mass is 427 g/mol. The Morgan fingerprint density at radius 2 is 1.77 bits per heavy atom. The van der Waals surface area contributed by atoms with Crippen molar-refractivity contribution < 1.29 is 4.79 Å². The molecule has 0 radical (unpaired) electrons. The number of carbonyl (C=O) groups is 1. The summed E-state index contributed by atoms with van der Waals surface area (Å²) in [7, 11) is 0. The number of fused-ring (bicyclic) bond motifs is 3. The van der Waals surface area contributed by atoms with E-state index in [0.717, 1.165) is 28.1 Å². The average Bonchev–Trinajstić information content (AvgIpc) is 3.19. The maximum absolute atomic E-state index is 13.6. The number of carbonyl (C=O) groups excluding carboxylic acids is 1. The number of para-hydroxylation sites is 1. The first-order chi connectivity index (χ1) is 15.1. The number of amides is 2. The van der Waals surface area contributed by atoms with E-state index in [1.54, 1.807) is 12.1 Å². The van der Waals surface area contributed by atoms with Crippen LogP contribution in [0.1, 0.15) is 28.4 Å². The van der Waals surface area contributed by atoms with Crippen LogP contribution in [0.15, 0.2) is 91.1 Å². The van der Waals surface area contributed by atoms with Crippen molar-refractivity contribution in [1.82, 2.24) is 9.47 Å². The summed E-state index contributed by atoms with van der Waals surface area (Å²) in [6.45, 7) is 2.57. The van der Waals surface area contributed by atoms with Crippen LogP contribution in [0.5, 0.6) is 0 Å². The van der Waals surface area contributed by atoms with Gasteiger partial charge in [0.1, 0.15) is 0 Å². The summed E-state index contributed by atoms with van der Waals surface area (Å²) in [5.41, 5.74) is 6.21. The van der Waals surface area contributed by atoms with Crippen LogP contribution in [0.3, 0.4) is 0 Å². The summed E-state index contributed by atoms with van der Waals surface area (Å²) in [5, 5.41) is 3.69. The van der Waals surface area contributed by atoms with Crippen LogP contribution in [-0.4, -0.2) is 15.5 Å². The molecule has 4 nitrogen and oxygen atoms in total. The fourth-order valence-corrected chi connectivity index (χ4v) is 4.38. The van der Waals surface area contributed by atoms with Gasteiger partial charge in [-0.15, -0.1) is 0 Å². The van der Waals surface area contributed by atoms with Crippen molar-refractivity contribution in [3.8, 4) is 5.69 Å². The number of hydrogen-bond donors (Lipinski definition) is 1. The van der Waals surface area contributed by atoms with Crippen molar-refractivity contribution >= 4 is 23.3 Å². The zero-order valence-electron chi connectivity index (χ0n) is 17.1. The second-order valence-corrected chi connectivity index (χ2v) is 8.25. The first-order valence-corrected chi connectivity index (χ1v) is 10.6. The molecule has 1 unspecified atom stereocenters. The maximum Gasteiger partial charge on any atom is 0.322 e. The molecular formula is C26H22ClN3O. The van der Waals surface area contributed by atoms with E-state index >= 15 is 0 Å². The van der Waals surface area contributed by atoms with E-state index < -0.39 is 0 Å². The number of halogens is 1. The van der Waals surface area contributed by atoms with E-state index in [4.69, 9.17) is 11.6 Å².